The second-order valence-electron chi connectivity index (χ2n) is 5.86. The van der Waals surface area contributed by atoms with Crippen molar-refractivity contribution in [1.29, 1.82) is 0 Å². The largest absolute Gasteiger partial charge is 0.366 e. The van der Waals surface area contributed by atoms with Gasteiger partial charge in [0, 0.05) is 13.5 Å². The Kier molecular flexibility index (Phi) is 10.9. The predicted octanol–water partition coefficient (Wildman–Crippen LogP) is -1.63. The maximum Gasteiger partial charge on any atom is 0.243 e. The Morgan fingerprint density at radius 1 is 1.12 bits per heavy atom. The first kappa shape index (κ1) is 22.3. The smallest absolute Gasteiger partial charge is 0.243 e. The van der Waals surface area contributed by atoms with Crippen LogP contribution in [0.15, 0.2) is 0 Å². The van der Waals surface area contributed by atoms with Gasteiger partial charge in [0.05, 0.1) is 0 Å². The quantitative estimate of drug-likeness (QED) is 0.196. The standard InChI is InChI=1S/C15H31N5O4/c1-5-11(21)20-12(9(2)3)14(23)19-10(13(22)17-4)7-6-8-18-15(16)24/h9-10,12,15,18,24H,5-8,16H2,1-4H3,(H,17,22)(H,19,23)(H,20,21)/t10-,12-,15?/m0/s1. The molecular formula is C15H31N5O4. The van der Waals surface area contributed by atoms with E-state index in [9.17, 15) is 14.4 Å². The Morgan fingerprint density at radius 3 is 2.21 bits per heavy atom. The lowest BCUT2D eigenvalue weighted by atomic mass is 10.0. The van der Waals surface area contributed by atoms with E-state index in [0.29, 0.717) is 19.4 Å². The molecule has 9 heteroatoms. The molecule has 140 valence electrons. The minimum Gasteiger partial charge on any atom is -0.366 e. The third kappa shape index (κ3) is 8.80. The molecule has 0 aliphatic rings. The number of aliphatic hydroxyl groups excluding tert-OH is 1. The fourth-order valence-electron chi connectivity index (χ4n) is 2.07. The molecule has 0 aromatic heterocycles. The first-order chi connectivity index (χ1) is 11.2. The minimum absolute atomic E-state index is 0.111. The number of carbonyl (C=O) groups excluding carboxylic acids is 3. The van der Waals surface area contributed by atoms with Gasteiger partial charge in [0.25, 0.3) is 0 Å². The van der Waals surface area contributed by atoms with Gasteiger partial charge < -0.3 is 21.1 Å². The highest BCUT2D eigenvalue weighted by molar-refractivity contribution is 5.92. The normalized spacial score (nSPS) is 14.6. The first-order valence-corrected chi connectivity index (χ1v) is 8.21. The average molecular weight is 345 g/mol. The molecule has 0 saturated carbocycles. The van der Waals surface area contributed by atoms with E-state index < -0.39 is 24.3 Å². The second-order valence-corrected chi connectivity index (χ2v) is 5.86. The lowest BCUT2D eigenvalue weighted by molar-refractivity contribution is -0.132. The van der Waals surface area contributed by atoms with E-state index >= 15 is 0 Å². The molecule has 0 aromatic rings. The van der Waals surface area contributed by atoms with Crippen molar-refractivity contribution in [3.63, 3.8) is 0 Å². The van der Waals surface area contributed by atoms with Crippen molar-refractivity contribution < 1.29 is 19.5 Å². The van der Waals surface area contributed by atoms with Gasteiger partial charge in [0.15, 0.2) is 6.35 Å². The zero-order chi connectivity index (χ0) is 18.7. The second kappa shape index (κ2) is 11.8. The van der Waals surface area contributed by atoms with Crippen molar-refractivity contribution in [2.24, 2.45) is 11.7 Å². The molecule has 24 heavy (non-hydrogen) atoms. The SMILES string of the molecule is CCC(=O)N[C@H](C(=O)N[C@@H](CCCNC(N)O)C(=O)NC)C(C)C. The molecule has 9 nitrogen and oxygen atoms in total. The van der Waals surface area contributed by atoms with Crippen molar-refractivity contribution >= 4 is 17.7 Å². The molecule has 0 rings (SSSR count). The van der Waals surface area contributed by atoms with Crippen molar-refractivity contribution in [1.82, 2.24) is 21.3 Å². The van der Waals surface area contributed by atoms with Crippen molar-refractivity contribution in [2.75, 3.05) is 13.6 Å². The third-order valence-electron chi connectivity index (χ3n) is 3.49. The maximum atomic E-state index is 12.4. The molecule has 0 heterocycles. The number of carbonyl (C=O) groups is 3. The molecule has 3 amide bonds. The molecule has 1 unspecified atom stereocenters. The van der Waals surface area contributed by atoms with Crippen LogP contribution in [0.25, 0.3) is 0 Å². The summed E-state index contributed by atoms with van der Waals surface area (Å²) >= 11 is 0. The molecule has 0 aliphatic carbocycles. The van der Waals surface area contributed by atoms with E-state index in [1.165, 1.54) is 7.05 Å². The van der Waals surface area contributed by atoms with Crippen molar-refractivity contribution in [3.05, 3.63) is 0 Å². The molecule has 0 bridgehead atoms. The molecule has 0 aliphatic heterocycles. The van der Waals surface area contributed by atoms with Crippen molar-refractivity contribution in [2.45, 2.75) is 58.5 Å². The minimum atomic E-state index is -1.12. The summed E-state index contributed by atoms with van der Waals surface area (Å²) < 4.78 is 0. The number of nitrogens with two attached hydrogens (primary N) is 1. The van der Waals surface area contributed by atoms with Gasteiger partial charge in [-0.2, -0.15) is 0 Å². The predicted molar refractivity (Wildman–Crippen MR) is 90.5 cm³/mol. The lowest BCUT2D eigenvalue weighted by Gasteiger charge is -2.25. The number of rotatable bonds is 11. The van der Waals surface area contributed by atoms with E-state index in [4.69, 9.17) is 10.8 Å². The summed E-state index contributed by atoms with van der Waals surface area (Å²) in [5.41, 5.74) is 5.16. The van der Waals surface area contributed by atoms with Crippen molar-refractivity contribution in [3.8, 4) is 0 Å². The zero-order valence-corrected chi connectivity index (χ0v) is 14.9. The number of nitrogens with one attached hydrogen (secondary N) is 4. The fourth-order valence-corrected chi connectivity index (χ4v) is 2.07. The molecule has 0 saturated heterocycles. The Morgan fingerprint density at radius 2 is 1.75 bits per heavy atom. The first-order valence-electron chi connectivity index (χ1n) is 8.21. The maximum absolute atomic E-state index is 12.4. The summed E-state index contributed by atoms with van der Waals surface area (Å²) in [7, 11) is 1.49. The van der Waals surface area contributed by atoms with E-state index in [-0.39, 0.29) is 24.2 Å². The molecule has 3 atom stereocenters. The topological polar surface area (TPSA) is 146 Å². The highest BCUT2D eigenvalue weighted by Gasteiger charge is 2.27. The van der Waals surface area contributed by atoms with Gasteiger partial charge in [0.2, 0.25) is 17.7 Å². The van der Waals surface area contributed by atoms with Gasteiger partial charge in [-0.05, 0) is 25.3 Å². The van der Waals surface area contributed by atoms with Crippen LogP contribution in [0.4, 0.5) is 0 Å². The van der Waals surface area contributed by atoms with Crippen LogP contribution in [0.2, 0.25) is 0 Å². The van der Waals surface area contributed by atoms with Gasteiger partial charge in [-0.1, -0.05) is 20.8 Å². The molecule has 0 spiro atoms. The number of hydrogen-bond donors (Lipinski definition) is 6. The van der Waals surface area contributed by atoms with Crippen LogP contribution in [0, 0.1) is 5.92 Å². The van der Waals surface area contributed by atoms with E-state index in [2.05, 4.69) is 21.3 Å². The number of aliphatic hydroxyl groups is 1. The third-order valence-corrected chi connectivity index (χ3v) is 3.49. The van der Waals surface area contributed by atoms with Crippen LogP contribution in [0.3, 0.4) is 0 Å². The summed E-state index contributed by atoms with van der Waals surface area (Å²) in [4.78, 5) is 35.9. The Bertz CT molecular complexity index is 415. The summed E-state index contributed by atoms with van der Waals surface area (Å²) in [5.74, 6) is -1.05. The fraction of sp³-hybridized carbons (Fsp3) is 0.800. The number of hydrogen-bond acceptors (Lipinski definition) is 6. The Labute approximate surface area is 143 Å². The lowest BCUT2D eigenvalue weighted by Crippen LogP contribution is -2.55. The monoisotopic (exact) mass is 345 g/mol. The van der Waals surface area contributed by atoms with Gasteiger partial charge in [0.1, 0.15) is 12.1 Å². The highest BCUT2D eigenvalue weighted by Crippen LogP contribution is 2.05. The Balaban J connectivity index is 4.75. The van der Waals surface area contributed by atoms with E-state index in [1.807, 2.05) is 13.8 Å². The Hall–Kier alpha value is -1.71. The van der Waals surface area contributed by atoms with Gasteiger partial charge >= 0.3 is 0 Å². The van der Waals surface area contributed by atoms with Crippen LogP contribution < -0.4 is 27.0 Å². The molecule has 0 fully saturated rings. The number of likely N-dealkylation sites (N-methyl/N-ethyl adjacent to an activating group) is 1. The summed E-state index contributed by atoms with van der Waals surface area (Å²) in [5, 5.41) is 19.4. The van der Waals surface area contributed by atoms with Crippen LogP contribution in [-0.2, 0) is 14.4 Å². The van der Waals surface area contributed by atoms with Gasteiger partial charge in [-0.3, -0.25) is 25.4 Å². The highest BCUT2D eigenvalue weighted by atomic mass is 16.3. The van der Waals surface area contributed by atoms with E-state index in [0.717, 1.165) is 0 Å². The molecule has 7 N–H and O–H groups in total. The van der Waals surface area contributed by atoms with Gasteiger partial charge in [-0.15, -0.1) is 0 Å². The molecule has 0 aromatic carbocycles. The zero-order valence-electron chi connectivity index (χ0n) is 14.9. The molecule has 0 radical (unpaired) electrons. The average Bonchev–Trinajstić information content (AvgIpc) is 2.53. The number of amides is 3. The molecular weight excluding hydrogens is 314 g/mol. The summed E-state index contributed by atoms with van der Waals surface area (Å²) in [6.45, 7) is 5.75. The van der Waals surface area contributed by atoms with Crippen LogP contribution in [0.5, 0.6) is 0 Å². The van der Waals surface area contributed by atoms with Crippen LogP contribution >= 0.6 is 0 Å². The van der Waals surface area contributed by atoms with Crippen LogP contribution in [-0.4, -0.2) is 54.9 Å². The van der Waals surface area contributed by atoms with E-state index in [1.54, 1.807) is 6.92 Å². The summed E-state index contributed by atoms with van der Waals surface area (Å²) in [6.07, 6.45) is 0.0630. The van der Waals surface area contributed by atoms with Gasteiger partial charge in [-0.25, -0.2) is 0 Å². The van der Waals surface area contributed by atoms with Crippen LogP contribution in [0.1, 0.15) is 40.0 Å². The summed E-state index contributed by atoms with van der Waals surface area (Å²) in [6, 6.07) is -1.42.